The van der Waals surface area contributed by atoms with Crippen molar-refractivity contribution in [3.8, 4) is 5.75 Å². The van der Waals surface area contributed by atoms with E-state index in [9.17, 15) is 39.6 Å². The van der Waals surface area contributed by atoms with E-state index < -0.39 is 81.6 Å². The Hall–Kier alpha value is -3.70. The summed E-state index contributed by atoms with van der Waals surface area (Å²) in [6.45, 7) is 2.79. The molecule has 1 saturated carbocycles. The zero-order chi connectivity index (χ0) is 26.1. The fourth-order valence-electron chi connectivity index (χ4n) is 5.88. The molecule has 3 aliphatic rings. The first-order valence-electron chi connectivity index (χ1n) is 10.9. The molecule has 35 heavy (non-hydrogen) atoms. The summed E-state index contributed by atoms with van der Waals surface area (Å²) in [5.41, 5.74) is 1.43. The second-order valence-electron chi connectivity index (χ2n) is 9.37. The van der Waals surface area contributed by atoms with Gasteiger partial charge in [0, 0.05) is 18.4 Å². The number of nitrogens with two attached hydrogens (primary N) is 1. The van der Waals surface area contributed by atoms with Gasteiger partial charge in [0.2, 0.25) is 5.78 Å². The van der Waals surface area contributed by atoms with E-state index in [-0.39, 0.29) is 11.3 Å². The number of amides is 1. The number of nitrogens with zero attached hydrogens (tertiary/aromatic N) is 1. The predicted molar refractivity (Wildman–Crippen MR) is 120 cm³/mol. The average molecular weight is 486 g/mol. The molecular formula is C24H26N2O9. The summed E-state index contributed by atoms with van der Waals surface area (Å²) in [6.07, 6.45) is -1.40. The van der Waals surface area contributed by atoms with Crippen molar-refractivity contribution in [3.63, 3.8) is 0 Å². The Morgan fingerprint density at radius 3 is 2.31 bits per heavy atom. The molecule has 0 bridgehead atoms. The molecule has 11 nitrogen and oxygen atoms in total. The lowest BCUT2D eigenvalue weighted by Crippen LogP contribution is -2.71. The lowest BCUT2D eigenvalue weighted by atomic mass is 9.54. The van der Waals surface area contributed by atoms with Crippen molar-refractivity contribution in [1.82, 2.24) is 4.90 Å². The molecule has 0 aliphatic heterocycles. The van der Waals surface area contributed by atoms with Crippen LogP contribution in [-0.4, -0.2) is 80.6 Å². The van der Waals surface area contributed by atoms with E-state index in [0.29, 0.717) is 5.56 Å². The Balaban J connectivity index is 2.12. The van der Waals surface area contributed by atoms with E-state index in [1.165, 1.54) is 25.1 Å². The monoisotopic (exact) mass is 486 g/mol. The highest BCUT2D eigenvalue weighted by Crippen LogP contribution is 2.56. The number of ketones is 2. The van der Waals surface area contributed by atoms with Gasteiger partial charge in [0.1, 0.15) is 28.9 Å². The second kappa shape index (κ2) is 7.92. The molecule has 0 unspecified atom stereocenters. The van der Waals surface area contributed by atoms with E-state index in [1.54, 1.807) is 19.1 Å². The van der Waals surface area contributed by atoms with Crippen LogP contribution in [0.5, 0.6) is 5.75 Å². The van der Waals surface area contributed by atoms with Gasteiger partial charge < -0.3 is 30.9 Å². The van der Waals surface area contributed by atoms with Gasteiger partial charge in [-0.1, -0.05) is 19.1 Å². The number of benzene rings is 1. The number of aliphatic hydroxyl groups excluding tert-OH is 2. The number of rotatable bonds is 3. The van der Waals surface area contributed by atoms with Crippen molar-refractivity contribution in [3.05, 3.63) is 46.2 Å². The Morgan fingerprint density at radius 1 is 1.14 bits per heavy atom. The highest BCUT2D eigenvalue weighted by molar-refractivity contribution is 6.24. The molecular weight excluding hydrogens is 460 g/mol. The van der Waals surface area contributed by atoms with E-state index in [0.717, 1.165) is 6.92 Å². The molecule has 0 aromatic heterocycles. The van der Waals surface area contributed by atoms with Gasteiger partial charge in [0.25, 0.3) is 5.91 Å². The number of Topliss-reactive ketones (excluding diaryl/α,β-unsaturated/α-hetero) is 2. The summed E-state index contributed by atoms with van der Waals surface area (Å²) >= 11 is 0. The van der Waals surface area contributed by atoms with Crippen LogP contribution in [0.25, 0.3) is 5.76 Å². The van der Waals surface area contributed by atoms with Gasteiger partial charge in [0.15, 0.2) is 11.4 Å². The summed E-state index contributed by atoms with van der Waals surface area (Å²) < 4.78 is 5.59. The summed E-state index contributed by atoms with van der Waals surface area (Å²) in [6, 6.07) is 3.08. The largest absolute Gasteiger partial charge is 0.508 e. The minimum atomic E-state index is -2.94. The minimum Gasteiger partial charge on any atom is -0.508 e. The first-order valence-corrected chi connectivity index (χ1v) is 10.9. The topological polar surface area (TPSA) is 188 Å². The van der Waals surface area contributed by atoms with E-state index in [4.69, 9.17) is 10.5 Å². The number of carbonyl (C=O) groups excluding carboxylic acids is 4. The zero-order valence-corrected chi connectivity index (χ0v) is 19.5. The number of phenolic OH excluding ortho intramolecular Hbond substituents is 1. The highest BCUT2D eigenvalue weighted by atomic mass is 16.5. The van der Waals surface area contributed by atoms with Crippen molar-refractivity contribution < 1.29 is 44.3 Å². The summed E-state index contributed by atoms with van der Waals surface area (Å²) in [5, 5.41) is 44.3. The molecule has 1 amide bonds. The maximum absolute atomic E-state index is 13.9. The fourth-order valence-corrected chi connectivity index (χ4v) is 5.88. The third-order valence-corrected chi connectivity index (χ3v) is 7.27. The Morgan fingerprint density at radius 2 is 1.77 bits per heavy atom. The molecule has 186 valence electrons. The molecule has 1 aromatic carbocycles. The van der Waals surface area contributed by atoms with Gasteiger partial charge in [-0.2, -0.15) is 0 Å². The minimum absolute atomic E-state index is 0.0436. The van der Waals surface area contributed by atoms with Crippen molar-refractivity contribution >= 4 is 29.2 Å². The Kier molecular flexibility index (Phi) is 5.53. The van der Waals surface area contributed by atoms with Crippen LogP contribution in [-0.2, 0) is 23.9 Å². The van der Waals surface area contributed by atoms with E-state index in [2.05, 4.69) is 0 Å². The van der Waals surface area contributed by atoms with Crippen LogP contribution in [0.3, 0.4) is 0 Å². The van der Waals surface area contributed by atoms with Crippen LogP contribution in [0, 0.1) is 11.8 Å². The molecule has 1 aromatic rings. The molecule has 3 aliphatic carbocycles. The van der Waals surface area contributed by atoms with E-state index >= 15 is 0 Å². The maximum Gasteiger partial charge on any atom is 0.302 e. The summed E-state index contributed by atoms with van der Waals surface area (Å²) in [5.74, 6) is -9.79. The van der Waals surface area contributed by atoms with Crippen LogP contribution in [0.1, 0.15) is 30.9 Å². The summed E-state index contributed by atoms with van der Waals surface area (Å²) in [7, 11) is 2.92. The normalized spacial score (nSPS) is 32.2. The van der Waals surface area contributed by atoms with Crippen molar-refractivity contribution in [2.45, 2.75) is 37.5 Å². The zero-order valence-electron chi connectivity index (χ0n) is 19.5. The average Bonchev–Trinajstić information content (AvgIpc) is 2.75. The standard InChI is InChI=1S/C24H26N2O9/c1-8-10-6-5-7-11(28)13(10)18(29)14-12(8)20(35-9(2)27)16-17(26(3)4)19(30)15(23(25)33)22(32)24(16,34)21(14)31/h5-8,12,16-17,20,28-29,32,34H,1-4H3,(H2,25,33)/t8-,12-,16+,17+,20-,24+/m1/s1. The van der Waals surface area contributed by atoms with Crippen LogP contribution < -0.4 is 5.73 Å². The lowest BCUT2D eigenvalue weighted by molar-refractivity contribution is -0.184. The smallest absolute Gasteiger partial charge is 0.302 e. The number of hydrogen-bond acceptors (Lipinski definition) is 10. The quantitative estimate of drug-likeness (QED) is 0.289. The highest BCUT2D eigenvalue weighted by Gasteiger charge is 2.69. The van der Waals surface area contributed by atoms with Gasteiger partial charge in [0.05, 0.1) is 17.5 Å². The SMILES string of the molecule is CC(=O)O[C@@H]1[C@H]2C(=C(O)c3c(O)cccc3[C@H]2C)C(=O)[C@]2(O)C(O)=C(C(N)=O)C(=O)[C@@H](N(C)C)[C@@H]12. The van der Waals surface area contributed by atoms with Crippen LogP contribution in [0.2, 0.25) is 0 Å². The van der Waals surface area contributed by atoms with Crippen molar-refractivity contribution in [1.29, 1.82) is 0 Å². The first kappa shape index (κ1) is 24.4. The number of primary amides is 1. The van der Waals surface area contributed by atoms with Crippen molar-refractivity contribution in [2.75, 3.05) is 14.1 Å². The molecule has 0 heterocycles. The predicted octanol–water partition coefficient (Wildman–Crippen LogP) is 0.0666. The first-order chi connectivity index (χ1) is 16.3. The number of aliphatic hydroxyl groups is 3. The number of aromatic hydroxyl groups is 1. The van der Waals surface area contributed by atoms with Gasteiger partial charge in [-0.3, -0.25) is 24.1 Å². The van der Waals surface area contributed by atoms with Gasteiger partial charge in [-0.25, -0.2) is 0 Å². The number of likely N-dealkylation sites (N-methyl/N-ethyl adjacent to an activating group) is 1. The molecule has 6 N–H and O–H groups in total. The van der Waals surface area contributed by atoms with Crippen LogP contribution in [0.4, 0.5) is 0 Å². The lowest BCUT2D eigenvalue weighted by Gasteiger charge is -2.54. The van der Waals surface area contributed by atoms with Crippen LogP contribution >= 0.6 is 0 Å². The third kappa shape index (κ3) is 3.11. The number of carbonyl (C=O) groups is 4. The molecule has 6 atom stereocenters. The van der Waals surface area contributed by atoms with Gasteiger partial charge >= 0.3 is 5.97 Å². The number of hydrogen-bond donors (Lipinski definition) is 5. The molecule has 4 rings (SSSR count). The maximum atomic E-state index is 13.9. The Bertz CT molecular complexity index is 1250. The molecule has 0 spiro atoms. The van der Waals surface area contributed by atoms with Crippen molar-refractivity contribution in [2.24, 2.45) is 17.6 Å². The fraction of sp³-hybridized carbons (Fsp3) is 0.417. The number of phenols is 1. The molecule has 1 fully saturated rings. The molecule has 0 radical (unpaired) electrons. The molecule has 0 saturated heterocycles. The number of fused-ring (bicyclic) bond motifs is 3. The number of ether oxygens (including phenoxy) is 1. The Labute approximate surface area is 200 Å². The third-order valence-electron chi connectivity index (χ3n) is 7.27. The van der Waals surface area contributed by atoms with E-state index in [1.807, 2.05) is 0 Å². The second-order valence-corrected chi connectivity index (χ2v) is 9.37. The van der Waals surface area contributed by atoms with Gasteiger partial charge in [-0.15, -0.1) is 0 Å². The summed E-state index contributed by atoms with van der Waals surface area (Å²) in [4.78, 5) is 52.8. The molecule has 11 heteroatoms. The van der Waals surface area contributed by atoms with Gasteiger partial charge in [-0.05, 0) is 31.6 Å². The number of esters is 1. The van der Waals surface area contributed by atoms with Crippen LogP contribution in [0.15, 0.2) is 35.1 Å².